The molecule has 3 N–H and O–H groups in total. The molecule has 1 aromatic heterocycles. The SMILES string of the molecule is C=Cc1c2[nH]c(c1C)/C=C1\N=C(C3=C4NC(CC5=N/C(=C\2)C(C)=C5CC)C(C)=C4C(=O)C3C(=O)OC)C(CCC(=O)O)C1C. The summed E-state index contributed by atoms with van der Waals surface area (Å²) in [6, 6.07) is -0.201. The van der Waals surface area contributed by atoms with Crippen LogP contribution in [-0.2, 0) is 19.1 Å². The van der Waals surface area contributed by atoms with Crippen molar-refractivity contribution in [1.82, 2.24) is 10.3 Å². The number of carbonyl (C=O) groups is 3. The van der Waals surface area contributed by atoms with Gasteiger partial charge in [0.05, 0.1) is 30.3 Å². The van der Waals surface area contributed by atoms with E-state index in [9.17, 15) is 19.5 Å². The van der Waals surface area contributed by atoms with Crippen LogP contribution in [0, 0.1) is 24.7 Å². The lowest BCUT2D eigenvalue weighted by molar-refractivity contribution is -0.146. The fraction of sp³-hybridized carbons (Fsp3) is 0.400. The number of ketones is 1. The van der Waals surface area contributed by atoms with Crippen LogP contribution in [0.4, 0.5) is 0 Å². The molecule has 1 aromatic rings. The zero-order chi connectivity index (χ0) is 31.6. The molecule has 0 spiro atoms. The molecule has 0 aromatic carbocycles. The van der Waals surface area contributed by atoms with Crippen molar-refractivity contribution in [3.63, 3.8) is 0 Å². The Morgan fingerprint density at radius 2 is 1.93 bits per heavy atom. The van der Waals surface area contributed by atoms with Gasteiger partial charge in [0.2, 0.25) is 0 Å². The van der Waals surface area contributed by atoms with Gasteiger partial charge in [0.1, 0.15) is 5.92 Å². The summed E-state index contributed by atoms with van der Waals surface area (Å²) in [5.74, 6) is -3.51. The second kappa shape index (κ2) is 10.9. The number of rotatable bonds is 6. The number of methoxy groups -OCH3 is 1. The number of hydrogen-bond donors (Lipinski definition) is 3. The average Bonchev–Trinajstić information content (AvgIpc) is 3.72. The molecule has 4 unspecified atom stereocenters. The lowest BCUT2D eigenvalue weighted by atomic mass is 9.81. The molecule has 4 atom stereocenters. The van der Waals surface area contributed by atoms with Crippen molar-refractivity contribution in [3.05, 3.63) is 74.1 Å². The highest BCUT2D eigenvalue weighted by molar-refractivity contribution is 6.26. The van der Waals surface area contributed by atoms with Gasteiger partial charge in [0.15, 0.2) is 5.78 Å². The van der Waals surface area contributed by atoms with Crippen molar-refractivity contribution in [2.24, 2.45) is 27.7 Å². The van der Waals surface area contributed by atoms with Crippen molar-refractivity contribution in [2.45, 2.75) is 66.3 Å². The van der Waals surface area contributed by atoms with Crippen LogP contribution in [0.3, 0.4) is 0 Å². The minimum absolute atomic E-state index is 0.0658. The number of hydrogen-bond acceptors (Lipinski definition) is 7. The van der Waals surface area contributed by atoms with Gasteiger partial charge >= 0.3 is 11.9 Å². The summed E-state index contributed by atoms with van der Waals surface area (Å²) in [5, 5.41) is 13.2. The Balaban J connectivity index is 1.63. The van der Waals surface area contributed by atoms with E-state index in [0.717, 1.165) is 57.2 Å². The van der Waals surface area contributed by atoms with Crippen LogP contribution < -0.4 is 5.32 Å². The topological polar surface area (TPSA) is 133 Å². The van der Waals surface area contributed by atoms with Crippen LogP contribution in [0.15, 0.2) is 61.5 Å². The number of aliphatic carboxylic acids is 1. The van der Waals surface area contributed by atoms with Crippen molar-refractivity contribution < 1.29 is 24.2 Å². The maximum absolute atomic E-state index is 14.0. The molecule has 4 aliphatic heterocycles. The van der Waals surface area contributed by atoms with Crippen LogP contribution >= 0.6 is 0 Å². The molecule has 0 saturated carbocycles. The third-order valence-electron chi connectivity index (χ3n) is 9.94. The van der Waals surface area contributed by atoms with Crippen molar-refractivity contribution in [1.29, 1.82) is 0 Å². The minimum Gasteiger partial charge on any atom is -0.481 e. The first kappa shape index (κ1) is 29.5. The number of fused-ring (bicyclic) bond motifs is 6. The molecule has 6 rings (SSSR count). The van der Waals surface area contributed by atoms with Crippen LogP contribution in [0.2, 0.25) is 0 Å². The monoisotopic (exact) mass is 594 g/mol. The summed E-state index contributed by atoms with van der Waals surface area (Å²) < 4.78 is 5.15. The molecule has 5 heterocycles. The number of esters is 1. The zero-order valence-corrected chi connectivity index (χ0v) is 26.1. The van der Waals surface area contributed by atoms with Crippen LogP contribution in [0.25, 0.3) is 18.2 Å². The summed E-state index contributed by atoms with van der Waals surface area (Å²) in [4.78, 5) is 52.7. The normalized spacial score (nSPS) is 28.0. The lowest BCUT2D eigenvalue weighted by Crippen LogP contribution is -2.33. The minimum atomic E-state index is -1.16. The molecule has 9 nitrogen and oxygen atoms in total. The number of ether oxygens (including phenoxy) is 1. The number of H-pyrrole nitrogens is 1. The Hall–Kier alpha value is -4.53. The Morgan fingerprint density at radius 3 is 2.59 bits per heavy atom. The van der Waals surface area contributed by atoms with E-state index in [1.165, 1.54) is 12.7 Å². The van der Waals surface area contributed by atoms with Crippen LogP contribution in [-0.4, -0.2) is 52.4 Å². The third-order valence-corrected chi connectivity index (χ3v) is 9.94. The molecule has 8 bridgehead atoms. The predicted octanol–water partition coefficient (Wildman–Crippen LogP) is 5.72. The quantitative estimate of drug-likeness (QED) is 0.285. The van der Waals surface area contributed by atoms with Gasteiger partial charge in [-0.1, -0.05) is 26.5 Å². The van der Waals surface area contributed by atoms with E-state index in [1.807, 2.05) is 32.9 Å². The Morgan fingerprint density at radius 1 is 1.18 bits per heavy atom. The van der Waals surface area contributed by atoms with Crippen LogP contribution in [0.1, 0.15) is 75.9 Å². The van der Waals surface area contributed by atoms with Gasteiger partial charge in [0.25, 0.3) is 0 Å². The molecule has 1 aliphatic carbocycles. The van der Waals surface area contributed by atoms with Crippen molar-refractivity contribution in [2.75, 3.05) is 7.11 Å². The first-order valence-corrected chi connectivity index (χ1v) is 15.2. The first-order chi connectivity index (χ1) is 21.0. The standard InChI is InChI=1S/C35H38N4O5/c1-8-19-15(3)22-12-24-17(5)21(10-11-28(40)41)32(38-24)30-31(35(43)44-7)34(42)29-18(6)25(39-33(29)30)14-27-20(9-2)16(4)23(37-27)13-26(19)36-22/h8,12-13,17,21,25,31,36,39H,1,9-11,14H2,2-7H3,(H,40,41)/b23-13-,24-12-. The molecule has 0 fully saturated rings. The molecule has 9 heteroatoms. The van der Waals surface area contributed by atoms with E-state index in [1.54, 1.807) is 0 Å². The van der Waals surface area contributed by atoms with Gasteiger partial charge < -0.3 is 20.1 Å². The number of aliphatic imine (C=N–C) groups is 2. The Kier molecular flexibility index (Phi) is 7.30. The number of nitrogens with zero attached hydrogens (tertiary/aromatic N) is 2. The van der Waals surface area contributed by atoms with Gasteiger partial charge in [-0.25, -0.2) is 0 Å². The van der Waals surface area contributed by atoms with E-state index in [2.05, 4.69) is 36.8 Å². The van der Waals surface area contributed by atoms with Gasteiger partial charge in [-0.05, 0) is 68.0 Å². The molecule has 5 aliphatic rings. The van der Waals surface area contributed by atoms with Gasteiger partial charge in [-0.3, -0.25) is 24.4 Å². The predicted molar refractivity (Wildman–Crippen MR) is 171 cm³/mol. The fourth-order valence-electron chi connectivity index (χ4n) is 7.45. The van der Waals surface area contributed by atoms with Crippen molar-refractivity contribution in [3.8, 4) is 0 Å². The second-order valence-corrected chi connectivity index (χ2v) is 12.2. The van der Waals surface area contributed by atoms with E-state index in [0.29, 0.717) is 35.4 Å². The molecule has 44 heavy (non-hydrogen) atoms. The molecular formula is C35H38N4O5. The van der Waals surface area contributed by atoms with Gasteiger partial charge in [-0.2, -0.15) is 0 Å². The second-order valence-electron chi connectivity index (χ2n) is 12.2. The molecule has 0 amide bonds. The number of carboxylic acid groups (broad SMARTS) is 1. The summed E-state index contributed by atoms with van der Waals surface area (Å²) in [6.45, 7) is 14.3. The van der Waals surface area contributed by atoms with Crippen molar-refractivity contribution >= 4 is 47.4 Å². The highest BCUT2D eigenvalue weighted by Gasteiger charge is 2.52. The average molecular weight is 595 g/mol. The van der Waals surface area contributed by atoms with Gasteiger partial charge in [-0.15, -0.1) is 0 Å². The number of carbonyl (C=O) groups excluding carboxylic acids is 2. The molecule has 0 radical (unpaired) electrons. The largest absolute Gasteiger partial charge is 0.481 e. The van der Waals surface area contributed by atoms with Crippen LogP contribution in [0.5, 0.6) is 0 Å². The Bertz CT molecular complexity index is 1770. The number of allylic oxidation sites excluding steroid dienone is 4. The molecule has 0 saturated heterocycles. The maximum atomic E-state index is 14.0. The number of aromatic nitrogens is 1. The highest BCUT2D eigenvalue weighted by Crippen LogP contribution is 2.47. The number of aromatic amines is 1. The smallest absolute Gasteiger partial charge is 0.321 e. The number of Topliss-reactive ketones (excluding diaryl/α,β-unsaturated/α-hetero) is 1. The lowest BCUT2D eigenvalue weighted by Gasteiger charge is -2.22. The van der Waals surface area contributed by atoms with E-state index >= 15 is 0 Å². The summed E-state index contributed by atoms with van der Waals surface area (Å²) in [7, 11) is 1.28. The Labute approximate surface area is 257 Å². The zero-order valence-electron chi connectivity index (χ0n) is 26.1. The van der Waals surface area contributed by atoms with E-state index in [4.69, 9.17) is 14.7 Å². The summed E-state index contributed by atoms with van der Waals surface area (Å²) in [5.41, 5.74) is 11.7. The first-order valence-electron chi connectivity index (χ1n) is 15.2. The molecular weight excluding hydrogens is 556 g/mol. The highest BCUT2D eigenvalue weighted by atomic mass is 16.5. The summed E-state index contributed by atoms with van der Waals surface area (Å²) >= 11 is 0. The number of nitrogens with one attached hydrogen (secondary N) is 2. The molecule has 228 valence electrons. The third kappa shape index (κ3) is 4.40. The summed E-state index contributed by atoms with van der Waals surface area (Å²) in [6.07, 6.45) is 7.54. The van der Waals surface area contributed by atoms with Gasteiger partial charge in [0, 0.05) is 64.2 Å². The van der Waals surface area contributed by atoms with E-state index in [-0.39, 0.29) is 30.1 Å². The van der Waals surface area contributed by atoms with E-state index < -0.39 is 17.9 Å². The number of carboxylic acids is 1. The maximum Gasteiger partial charge on any atom is 0.321 e. The fourth-order valence-corrected chi connectivity index (χ4v) is 7.45.